The van der Waals surface area contributed by atoms with Crippen LogP contribution in [0.4, 0.5) is 10.1 Å². The Kier molecular flexibility index (Phi) is 9.26. The molecule has 0 heterocycles. The van der Waals surface area contributed by atoms with E-state index in [9.17, 15) is 17.6 Å². The fraction of sp³-hybridized carbons (Fsp3) is 0.367. The lowest BCUT2D eigenvalue weighted by molar-refractivity contribution is -0.115. The van der Waals surface area contributed by atoms with E-state index >= 15 is 0 Å². The molecular formula is C30H37FN2O3S. The molecule has 1 N–H and O–H groups in total. The van der Waals surface area contributed by atoms with Gasteiger partial charge < -0.3 is 10.2 Å². The van der Waals surface area contributed by atoms with Gasteiger partial charge in [0.15, 0.2) is 16.0 Å². The van der Waals surface area contributed by atoms with Crippen molar-refractivity contribution in [1.29, 1.82) is 0 Å². The maximum absolute atomic E-state index is 14.4. The number of thiol groups is 1. The topological polar surface area (TPSA) is 66.5 Å². The number of rotatable bonds is 9. The van der Waals surface area contributed by atoms with Crippen molar-refractivity contribution in [2.45, 2.75) is 58.2 Å². The second-order valence-corrected chi connectivity index (χ2v) is 11.5. The Morgan fingerprint density at radius 1 is 0.892 bits per heavy atom. The average molecular weight is 525 g/mol. The second-order valence-electron chi connectivity index (χ2n) is 10.5. The Hall–Kier alpha value is -3.03. The number of nitrogens with zero attached hydrogens (tertiary/aromatic N) is 1. The van der Waals surface area contributed by atoms with E-state index in [-0.39, 0.29) is 17.7 Å². The van der Waals surface area contributed by atoms with Crippen molar-refractivity contribution >= 4 is 22.3 Å². The number of halogens is 1. The highest BCUT2D eigenvalue weighted by Crippen LogP contribution is 2.39. The Labute approximate surface area is 221 Å². The Morgan fingerprint density at radius 3 is 1.92 bits per heavy atom. The zero-order valence-electron chi connectivity index (χ0n) is 22.6. The molecule has 7 heteroatoms. The first-order chi connectivity index (χ1) is 17.4. The Balaban J connectivity index is 2.10. The number of anilines is 1. The fourth-order valence-electron chi connectivity index (χ4n) is 4.51. The predicted molar refractivity (Wildman–Crippen MR) is 150 cm³/mol. The molecule has 1 atom stereocenters. The van der Waals surface area contributed by atoms with Crippen LogP contribution in [0.3, 0.4) is 0 Å². The summed E-state index contributed by atoms with van der Waals surface area (Å²) in [5.41, 5.74) is 5.74. The number of amides is 1. The van der Waals surface area contributed by atoms with Crippen LogP contribution in [0.5, 0.6) is 0 Å². The minimum atomic E-state index is -3.13. The van der Waals surface area contributed by atoms with E-state index < -0.39 is 21.9 Å². The van der Waals surface area contributed by atoms with Gasteiger partial charge >= 0.3 is 0 Å². The lowest BCUT2D eigenvalue weighted by Gasteiger charge is -2.25. The monoisotopic (exact) mass is 524 g/mol. The minimum absolute atomic E-state index is 0.0571. The van der Waals surface area contributed by atoms with Gasteiger partial charge in [-0.2, -0.15) is 0 Å². The molecule has 3 rings (SSSR count). The van der Waals surface area contributed by atoms with E-state index in [0.717, 1.165) is 28.8 Å². The molecule has 1 amide bonds. The van der Waals surface area contributed by atoms with E-state index in [1.807, 2.05) is 77.0 Å². The van der Waals surface area contributed by atoms with Crippen molar-refractivity contribution in [1.82, 2.24) is 4.90 Å². The molecule has 198 valence electrons. The van der Waals surface area contributed by atoms with Crippen LogP contribution >= 0.6 is 0 Å². The molecule has 0 aliphatic carbocycles. The molecule has 1 unspecified atom stereocenters. The van der Waals surface area contributed by atoms with Gasteiger partial charge in [-0.05, 0) is 90.0 Å². The molecule has 37 heavy (non-hydrogen) atoms. The highest BCUT2D eigenvalue weighted by molar-refractivity contribution is 7.73. The summed E-state index contributed by atoms with van der Waals surface area (Å²) in [6.45, 7) is 10.4. The second kappa shape index (κ2) is 12.0. The van der Waals surface area contributed by atoms with Crippen LogP contribution in [0.2, 0.25) is 0 Å². The largest absolute Gasteiger partial charge is 0.325 e. The minimum Gasteiger partial charge on any atom is -0.325 e. The van der Waals surface area contributed by atoms with Crippen molar-refractivity contribution in [2.75, 3.05) is 19.4 Å². The number of carbonyl (C=O) groups is 1. The van der Waals surface area contributed by atoms with Crippen molar-refractivity contribution in [3.63, 3.8) is 0 Å². The van der Waals surface area contributed by atoms with E-state index in [4.69, 9.17) is 0 Å². The summed E-state index contributed by atoms with van der Waals surface area (Å²) >= 11 is 0. The molecule has 0 aliphatic heterocycles. The van der Waals surface area contributed by atoms with Crippen LogP contribution in [0, 0.1) is 12.7 Å². The van der Waals surface area contributed by atoms with Gasteiger partial charge in [0.25, 0.3) is 0 Å². The summed E-state index contributed by atoms with van der Waals surface area (Å²) in [6, 6.07) is 16.3. The average Bonchev–Trinajstić information content (AvgIpc) is 2.81. The van der Waals surface area contributed by atoms with Crippen LogP contribution in [0.15, 0.2) is 54.6 Å². The highest BCUT2D eigenvalue weighted by atomic mass is 32.2. The van der Waals surface area contributed by atoms with Crippen LogP contribution < -0.4 is 5.32 Å². The quantitative estimate of drug-likeness (QED) is 0.318. The van der Waals surface area contributed by atoms with E-state index in [2.05, 4.69) is 5.32 Å². The van der Waals surface area contributed by atoms with Gasteiger partial charge in [0.05, 0.1) is 0 Å². The van der Waals surface area contributed by atoms with E-state index in [1.54, 1.807) is 25.1 Å². The van der Waals surface area contributed by atoms with Crippen LogP contribution in [0.1, 0.15) is 72.6 Å². The number of carbonyl (C=O) groups excluding carboxylic acids is 1. The SMILES string of the molecule is Cc1ccc(-c2cc(C(C)C)c(C(C(=O)Nc3ccc(CN(C)C)cc3)[SH](=O)=O)c(C(C)C)c2)cc1F. The molecule has 0 saturated heterocycles. The molecule has 0 aromatic heterocycles. The summed E-state index contributed by atoms with van der Waals surface area (Å²) in [5, 5.41) is 1.46. The molecule has 0 spiro atoms. The van der Waals surface area contributed by atoms with Crippen molar-refractivity contribution in [3.8, 4) is 11.1 Å². The van der Waals surface area contributed by atoms with Crippen LogP contribution in [-0.4, -0.2) is 33.3 Å². The Bertz CT molecular complexity index is 1310. The first-order valence-electron chi connectivity index (χ1n) is 12.5. The fourth-order valence-corrected chi connectivity index (χ4v) is 5.28. The van der Waals surface area contributed by atoms with Crippen LogP contribution in [-0.2, 0) is 22.0 Å². The van der Waals surface area contributed by atoms with Crippen molar-refractivity contribution in [2.24, 2.45) is 0 Å². The number of benzene rings is 3. The maximum Gasteiger partial charge on any atom is 0.247 e. The highest BCUT2D eigenvalue weighted by Gasteiger charge is 2.31. The molecule has 3 aromatic rings. The zero-order valence-corrected chi connectivity index (χ0v) is 23.5. The molecule has 0 radical (unpaired) electrons. The predicted octanol–water partition coefficient (Wildman–Crippen LogP) is 6.40. The number of nitrogens with one attached hydrogen (secondary N) is 1. The van der Waals surface area contributed by atoms with Gasteiger partial charge in [-0.1, -0.05) is 64.1 Å². The van der Waals surface area contributed by atoms with E-state index in [1.165, 1.54) is 6.07 Å². The van der Waals surface area contributed by atoms with Gasteiger partial charge in [-0.3, -0.25) is 4.79 Å². The van der Waals surface area contributed by atoms with Crippen LogP contribution in [0.25, 0.3) is 11.1 Å². The number of aryl methyl sites for hydroxylation is 1. The molecule has 0 saturated carbocycles. The third kappa shape index (κ3) is 6.84. The normalized spacial score (nSPS) is 12.5. The molecule has 0 fully saturated rings. The first kappa shape index (κ1) is 28.5. The lowest BCUT2D eigenvalue weighted by Crippen LogP contribution is -2.25. The molecular weight excluding hydrogens is 487 g/mol. The zero-order chi connectivity index (χ0) is 27.4. The lowest BCUT2D eigenvalue weighted by atomic mass is 9.83. The number of hydrogen-bond acceptors (Lipinski definition) is 4. The third-order valence-electron chi connectivity index (χ3n) is 6.45. The molecule has 3 aromatic carbocycles. The summed E-state index contributed by atoms with van der Waals surface area (Å²) < 4.78 is 39.6. The van der Waals surface area contributed by atoms with Gasteiger partial charge in [-0.15, -0.1) is 0 Å². The van der Waals surface area contributed by atoms with Gasteiger partial charge in [-0.25, -0.2) is 12.8 Å². The maximum atomic E-state index is 14.4. The molecule has 0 bridgehead atoms. The molecule has 0 aliphatic rings. The smallest absolute Gasteiger partial charge is 0.247 e. The third-order valence-corrected chi connectivity index (χ3v) is 7.36. The van der Waals surface area contributed by atoms with E-state index in [0.29, 0.717) is 22.4 Å². The van der Waals surface area contributed by atoms with Crippen molar-refractivity contribution < 1.29 is 17.6 Å². The van der Waals surface area contributed by atoms with Gasteiger partial charge in [0.1, 0.15) is 5.82 Å². The molecule has 5 nitrogen and oxygen atoms in total. The summed E-state index contributed by atoms with van der Waals surface area (Å²) in [5.74, 6) is -0.999. The van der Waals surface area contributed by atoms with Crippen molar-refractivity contribution in [3.05, 3.63) is 88.2 Å². The summed E-state index contributed by atoms with van der Waals surface area (Å²) in [6.07, 6.45) is 0. The van der Waals surface area contributed by atoms with Gasteiger partial charge in [0.2, 0.25) is 5.91 Å². The Morgan fingerprint density at radius 2 is 1.46 bits per heavy atom. The standard InChI is InChI=1S/C30H37FN2O3S/c1-18(2)25-14-23(22-11-8-20(5)27(31)16-22)15-26(19(3)4)28(25)29(37(35)36)30(34)32-24-12-9-21(10-13-24)17-33(6)7/h8-16,18-19,29,37H,17H2,1-7H3,(H,32,34). The number of hydrogen-bond donors (Lipinski definition) is 2. The van der Waals surface area contributed by atoms with Gasteiger partial charge in [0, 0.05) is 12.2 Å². The summed E-state index contributed by atoms with van der Waals surface area (Å²) in [4.78, 5) is 15.5. The summed E-state index contributed by atoms with van der Waals surface area (Å²) in [7, 11) is 0.825. The first-order valence-corrected chi connectivity index (χ1v) is 13.8.